The molecule has 1 aromatic carbocycles. The van der Waals surface area contributed by atoms with E-state index in [2.05, 4.69) is 35.9 Å². The normalized spacial score (nSPS) is 13.7. The van der Waals surface area contributed by atoms with Crippen molar-refractivity contribution >= 4 is 46.5 Å². The minimum atomic E-state index is -1.47. The number of nitrogens with two attached hydrogens (primary N) is 4. The first-order chi connectivity index (χ1) is 20.9. The molecule has 2 aromatic heterocycles. The Morgan fingerprint density at radius 2 is 1.59 bits per heavy atom. The zero-order chi connectivity index (χ0) is 32.2. The van der Waals surface area contributed by atoms with Crippen molar-refractivity contribution in [2.24, 2.45) is 27.9 Å². The van der Waals surface area contributed by atoms with Crippen LogP contribution in [0.15, 0.2) is 48.0 Å². The van der Waals surface area contributed by atoms with Crippen LogP contribution in [0.1, 0.15) is 30.5 Å². The van der Waals surface area contributed by atoms with Gasteiger partial charge in [-0.25, -0.2) is 9.78 Å². The van der Waals surface area contributed by atoms with Crippen molar-refractivity contribution in [3.8, 4) is 0 Å². The maximum atomic E-state index is 13.4. The quantitative estimate of drug-likeness (QED) is 0.0433. The van der Waals surface area contributed by atoms with Gasteiger partial charge in [0, 0.05) is 48.4 Å². The minimum absolute atomic E-state index is 0.0444. The summed E-state index contributed by atoms with van der Waals surface area (Å²) in [6.07, 6.45) is 4.26. The summed E-state index contributed by atoms with van der Waals surface area (Å²) in [7, 11) is 0. The van der Waals surface area contributed by atoms with E-state index in [4.69, 9.17) is 22.9 Å². The van der Waals surface area contributed by atoms with Crippen molar-refractivity contribution < 1.29 is 29.1 Å². The molecule has 0 bridgehead atoms. The van der Waals surface area contributed by atoms with Gasteiger partial charge in [-0.2, -0.15) is 0 Å². The molecule has 4 amide bonds. The number of carboxylic acid groups (broad SMARTS) is 1. The number of nitrogens with zero attached hydrogens (tertiary/aromatic N) is 2. The van der Waals surface area contributed by atoms with E-state index in [9.17, 15) is 29.1 Å². The van der Waals surface area contributed by atoms with Gasteiger partial charge in [0.15, 0.2) is 5.96 Å². The van der Waals surface area contributed by atoms with E-state index in [1.54, 1.807) is 6.20 Å². The molecule has 3 rings (SSSR count). The third-order valence-corrected chi connectivity index (χ3v) is 6.67. The number of aromatic nitrogens is 3. The van der Waals surface area contributed by atoms with Gasteiger partial charge < -0.3 is 54.0 Å². The molecule has 4 atom stereocenters. The lowest BCUT2D eigenvalue weighted by atomic mass is 10.0. The lowest BCUT2D eigenvalue weighted by molar-refractivity contribution is -0.142. The van der Waals surface area contributed by atoms with Gasteiger partial charge in [0.1, 0.15) is 18.1 Å². The van der Waals surface area contributed by atoms with E-state index in [1.165, 1.54) is 12.5 Å². The number of carboxylic acids is 1. The average molecular weight is 612 g/mol. The molecule has 0 radical (unpaired) electrons. The third-order valence-electron chi connectivity index (χ3n) is 6.67. The monoisotopic (exact) mass is 611 g/mol. The van der Waals surface area contributed by atoms with Crippen LogP contribution in [0.25, 0.3) is 10.9 Å². The summed E-state index contributed by atoms with van der Waals surface area (Å²) in [5.74, 6) is -4.76. The first kappa shape index (κ1) is 33.1. The number of benzene rings is 1. The number of carbonyl (C=O) groups is 5. The summed E-state index contributed by atoms with van der Waals surface area (Å²) < 4.78 is 0. The molecule has 0 fully saturated rings. The molecule has 236 valence electrons. The summed E-state index contributed by atoms with van der Waals surface area (Å²) in [4.78, 5) is 76.9. The molecule has 4 unspecified atom stereocenters. The molecule has 0 saturated heterocycles. The van der Waals surface area contributed by atoms with Gasteiger partial charge in [-0.1, -0.05) is 18.2 Å². The van der Waals surface area contributed by atoms with Crippen molar-refractivity contribution in [1.82, 2.24) is 30.9 Å². The number of aliphatic carboxylic acids is 1. The van der Waals surface area contributed by atoms with Gasteiger partial charge in [-0.05, 0) is 24.5 Å². The number of fused-ring (bicyclic) bond motifs is 1. The zero-order valence-electron chi connectivity index (χ0n) is 23.8. The van der Waals surface area contributed by atoms with E-state index >= 15 is 0 Å². The Labute approximate surface area is 251 Å². The number of H-pyrrole nitrogens is 2. The van der Waals surface area contributed by atoms with Crippen LogP contribution < -0.4 is 38.9 Å². The number of primary amides is 1. The number of imidazole rings is 1. The maximum Gasteiger partial charge on any atom is 0.326 e. The highest BCUT2D eigenvalue weighted by atomic mass is 16.4. The van der Waals surface area contributed by atoms with Gasteiger partial charge in [0.25, 0.3) is 0 Å². The minimum Gasteiger partial charge on any atom is -0.480 e. The van der Waals surface area contributed by atoms with Gasteiger partial charge in [0.2, 0.25) is 23.6 Å². The molecular formula is C27H37N11O6. The summed E-state index contributed by atoms with van der Waals surface area (Å²) in [6.45, 7) is 0.233. The number of nitrogens with one attached hydrogen (secondary N) is 5. The maximum absolute atomic E-state index is 13.4. The predicted octanol–water partition coefficient (Wildman–Crippen LogP) is -2.53. The highest BCUT2D eigenvalue weighted by Gasteiger charge is 2.32. The molecule has 0 aliphatic carbocycles. The number of aromatic amines is 2. The second-order valence-electron chi connectivity index (χ2n) is 10.1. The summed E-state index contributed by atoms with van der Waals surface area (Å²) in [5, 5.41) is 18.1. The van der Waals surface area contributed by atoms with Gasteiger partial charge >= 0.3 is 5.97 Å². The van der Waals surface area contributed by atoms with Gasteiger partial charge in [0.05, 0.1) is 18.8 Å². The molecule has 3 aromatic rings. The molecule has 17 heteroatoms. The molecule has 0 aliphatic heterocycles. The van der Waals surface area contributed by atoms with Crippen molar-refractivity contribution in [3.05, 3.63) is 54.2 Å². The van der Waals surface area contributed by atoms with E-state index in [0.29, 0.717) is 17.7 Å². The van der Waals surface area contributed by atoms with Crippen molar-refractivity contribution in [2.75, 3.05) is 6.54 Å². The second kappa shape index (κ2) is 15.7. The topological polar surface area (TPSA) is 303 Å². The highest BCUT2D eigenvalue weighted by molar-refractivity contribution is 5.96. The number of carbonyl (C=O) groups excluding carboxylic acids is 4. The van der Waals surface area contributed by atoms with Gasteiger partial charge in [-0.15, -0.1) is 0 Å². The Bertz CT molecular complexity index is 1480. The van der Waals surface area contributed by atoms with Crippen LogP contribution >= 0.6 is 0 Å². The first-order valence-electron chi connectivity index (χ1n) is 13.7. The van der Waals surface area contributed by atoms with Crippen LogP contribution in [0.3, 0.4) is 0 Å². The molecule has 0 aliphatic rings. The van der Waals surface area contributed by atoms with Crippen LogP contribution in [0.5, 0.6) is 0 Å². The summed E-state index contributed by atoms with van der Waals surface area (Å²) in [6, 6.07) is 2.11. The molecule has 14 N–H and O–H groups in total. The predicted molar refractivity (Wildman–Crippen MR) is 159 cm³/mol. The van der Waals surface area contributed by atoms with Crippen molar-refractivity contribution in [2.45, 2.75) is 56.3 Å². The Balaban J connectivity index is 1.74. The van der Waals surface area contributed by atoms with E-state index in [0.717, 1.165) is 10.9 Å². The first-order valence-corrected chi connectivity index (χ1v) is 13.7. The SMILES string of the molecule is NC(=O)CC(NC(=O)C(N)CCCN=C(N)N)C(=O)NC(Cc1cnc[nH]1)C(=O)NC(Cc1c[nH]c2ccccc12)C(=O)O. The average Bonchev–Trinajstić information content (AvgIpc) is 3.63. The Morgan fingerprint density at radius 1 is 0.909 bits per heavy atom. The van der Waals surface area contributed by atoms with E-state index < -0.39 is 60.2 Å². The third kappa shape index (κ3) is 9.83. The van der Waals surface area contributed by atoms with Crippen LogP contribution in [0, 0.1) is 0 Å². The molecule has 17 nitrogen and oxygen atoms in total. The number of para-hydroxylation sites is 1. The second-order valence-corrected chi connectivity index (χ2v) is 10.1. The molecule has 44 heavy (non-hydrogen) atoms. The standard InChI is InChI=1S/C27H37N11O6/c28-17(5-3-7-33-27(30)31)23(40)36-20(10-22(29)39)25(42)37-19(9-15-12-32-13-35-15)24(41)38-21(26(43)44)8-14-11-34-18-6-2-1-4-16(14)18/h1-2,4,6,11-13,17,19-21,34H,3,5,7-10,28H2,(H2,29,39)(H,32,35)(H,36,40)(H,37,42)(H,38,41)(H,43,44)(H4,30,31,33). The highest BCUT2D eigenvalue weighted by Crippen LogP contribution is 2.19. The zero-order valence-corrected chi connectivity index (χ0v) is 23.8. The lowest BCUT2D eigenvalue weighted by Crippen LogP contribution is -2.58. The summed E-state index contributed by atoms with van der Waals surface area (Å²) in [5.41, 5.74) is 23.7. The Kier molecular flexibility index (Phi) is 11.8. The largest absolute Gasteiger partial charge is 0.480 e. The fourth-order valence-electron chi connectivity index (χ4n) is 4.43. The number of hydrogen-bond acceptors (Lipinski definition) is 8. The van der Waals surface area contributed by atoms with Crippen LogP contribution in [-0.2, 0) is 36.8 Å². The summed E-state index contributed by atoms with van der Waals surface area (Å²) >= 11 is 0. The number of rotatable bonds is 17. The van der Waals surface area contributed by atoms with Crippen LogP contribution in [0.2, 0.25) is 0 Å². The van der Waals surface area contributed by atoms with Crippen molar-refractivity contribution in [1.29, 1.82) is 0 Å². The molecular weight excluding hydrogens is 574 g/mol. The van der Waals surface area contributed by atoms with Crippen LogP contribution in [0.4, 0.5) is 0 Å². The number of hydrogen-bond donors (Lipinski definition) is 10. The Morgan fingerprint density at radius 3 is 2.25 bits per heavy atom. The number of guanidine groups is 1. The van der Waals surface area contributed by atoms with Crippen LogP contribution in [-0.4, -0.2) is 86.3 Å². The van der Waals surface area contributed by atoms with Gasteiger partial charge in [-0.3, -0.25) is 24.2 Å². The smallest absolute Gasteiger partial charge is 0.326 e. The fraction of sp³-hybridized carbons (Fsp3) is 0.370. The molecule has 2 heterocycles. The lowest BCUT2D eigenvalue weighted by Gasteiger charge is -2.24. The molecule has 0 spiro atoms. The fourth-order valence-corrected chi connectivity index (χ4v) is 4.43. The van der Waals surface area contributed by atoms with E-state index in [1.807, 2.05) is 24.3 Å². The molecule has 0 saturated carbocycles. The van der Waals surface area contributed by atoms with Crippen molar-refractivity contribution in [3.63, 3.8) is 0 Å². The Hall–Kier alpha value is -5.45. The number of amides is 4. The van der Waals surface area contributed by atoms with E-state index in [-0.39, 0.29) is 31.8 Å². The number of aliphatic imine (C=N–C) groups is 1.